The van der Waals surface area contributed by atoms with E-state index in [1.165, 1.54) is 11.9 Å². The first-order valence-electron chi connectivity index (χ1n) is 9.44. The van der Waals surface area contributed by atoms with Crippen molar-refractivity contribution in [1.82, 2.24) is 14.5 Å². The lowest BCUT2D eigenvalue weighted by Crippen LogP contribution is -2.49. The third-order valence-electron chi connectivity index (χ3n) is 4.91. The molecule has 1 heterocycles. The Kier molecular flexibility index (Phi) is 7.30. The molecule has 0 saturated carbocycles. The highest BCUT2D eigenvalue weighted by atomic mass is 35.5. The summed E-state index contributed by atoms with van der Waals surface area (Å²) in [6, 6.07) is 10.5. The van der Waals surface area contributed by atoms with E-state index in [0.29, 0.717) is 50.1 Å². The van der Waals surface area contributed by atoms with Crippen molar-refractivity contribution in [2.75, 3.05) is 46.4 Å². The highest BCUT2D eigenvalue weighted by molar-refractivity contribution is 7.89. The van der Waals surface area contributed by atoms with Crippen molar-refractivity contribution in [3.8, 4) is 5.75 Å². The van der Waals surface area contributed by atoms with Crippen LogP contribution in [0, 0.1) is 5.82 Å². The van der Waals surface area contributed by atoms with E-state index in [9.17, 15) is 17.6 Å². The van der Waals surface area contributed by atoms with Gasteiger partial charge in [0.2, 0.25) is 10.0 Å². The topological polar surface area (TPSA) is 79.0 Å². The number of carbonyl (C=O) groups is 1. The van der Waals surface area contributed by atoms with E-state index < -0.39 is 21.7 Å². The number of rotatable bonds is 7. The zero-order valence-electron chi connectivity index (χ0n) is 16.5. The highest BCUT2D eigenvalue weighted by Crippen LogP contribution is 2.23. The molecule has 30 heavy (non-hydrogen) atoms. The molecule has 2 aromatic carbocycles. The first-order chi connectivity index (χ1) is 14.3. The van der Waals surface area contributed by atoms with Crippen molar-refractivity contribution in [2.45, 2.75) is 4.90 Å². The van der Waals surface area contributed by atoms with Gasteiger partial charge in [-0.25, -0.2) is 17.5 Å². The van der Waals surface area contributed by atoms with Crippen molar-refractivity contribution in [3.05, 3.63) is 58.9 Å². The van der Waals surface area contributed by atoms with Crippen LogP contribution in [0.1, 0.15) is 10.4 Å². The second-order valence-corrected chi connectivity index (χ2v) is 9.06. The summed E-state index contributed by atoms with van der Waals surface area (Å²) in [5.41, 5.74) is -0.248. The largest absolute Gasteiger partial charge is 0.491 e. The molecule has 0 atom stereocenters. The Hall–Kier alpha value is -2.20. The number of hydrogen-bond acceptors (Lipinski definition) is 5. The number of amides is 1. The van der Waals surface area contributed by atoms with Crippen molar-refractivity contribution < 1.29 is 22.3 Å². The molecule has 1 N–H and O–H groups in total. The van der Waals surface area contributed by atoms with E-state index in [1.54, 1.807) is 12.1 Å². The average molecular weight is 456 g/mol. The lowest BCUT2D eigenvalue weighted by Gasteiger charge is -2.34. The number of nitrogens with zero attached hydrogens (tertiary/aromatic N) is 2. The van der Waals surface area contributed by atoms with Gasteiger partial charge in [0.25, 0.3) is 5.91 Å². The molecule has 0 spiro atoms. The summed E-state index contributed by atoms with van der Waals surface area (Å²) >= 11 is 6.06. The molecule has 3 rings (SSSR count). The Balaban J connectivity index is 1.55. The predicted octanol–water partition coefficient (Wildman–Crippen LogP) is 2.22. The van der Waals surface area contributed by atoms with Gasteiger partial charge >= 0.3 is 0 Å². The molecule has 162 valence electrons. The highest BCUT2D eigenvalue weighted by Gasteiger charge is 2.25. The van der Waals surface area contributed by atoms with Crippen molar-refractivity contribution in [3.63, 3.8) is 0 Å². The molecular formula is C20H23ClFN3O4S. The van der Waals surface area contributed by atoms with Crippen LogP contribution in [0.15, 0.2) is 47.4 Å². The fourth-order valence-electron chi connectivity index (χ4n) is 3.14. The Morgan fingerprint density at radius 1 is 1.17 bits per heavy atom. The standard InChI is InChI=1S/C20H23ClFN3O4S/c1-23-30(27,28)15-6-7-18(22)16(14-15)20(26)25-10-8-24(9-11-25)12-13-29-19-5-3-2-4-17(19)21/h2-7,14,23H,8-13H2,1H3. The second-order valence-electron chi connectivity index (χ2n) is 6.76. The smallest absolute Gasteiger partial charge is 0.256 e. The molecule has 10 heteroatoms. The minimum absolute atomic E-state index is 0.148. The molecule has 0 bridgehead atoms. The van der Waals surface area contributed by atoms with Gasteiger partial charge in [-0.2, -0.15) is 0 Å². The van der Waals surface area contributed by atoms with Gasteiger partial charge in [0, 0.05) is 32.7 Å². The average Bonchev–Trinajstić information content (AvgIpc) is 2.75. The lowest BCUT2D eigenvalue weighted by atomic mass is 10.1. The monoisotopic (exact) mass is 455 g/mol. The fourth-order valence-corrected chi connectivity index (χ4v) is 4.09. The molecule has 1 aliphatic heterocycles. The van der Waals surface area contributed by atoms with E-state index >= 15 is 0 Å². The molecule has 0 aliphatic carbocycles. The maximum Gasteiger partial charge on any atom is 0.256 e. The summed E-state index contributed by atoms with van der Waals surface area (Å²) in [6.45, 7) is 3.15. The first kappa shape index (κ1) is 22.5. The van der Waals surface area contributed by atoms with Crippen molar-refractivity contribution >= 4 is 27.5 Å². The summed E-state index contributed by atoms with van der Waals surface area (Å²) in [6.07, 6.45) is 0. The van der Waals surface area contributed by atoms with Crippen LogP contribution in [0.3, 0.4) is 0 Å². The molecule has 1 fully saturated rings. The van der Waals surface area contributed by atoms with Crippen LogP contribution in [-0.2, 0) is 10.0 Å². The van der Waals surface area contributed by atoms with Crippen LogP contribution in [0.25, 0.3) is 0 Å². The van der Waals surface area contributed by atoms with E-state index in [1.807, 2.05) is 12.1 Å². The van der Waals surface area contributed by atoms with Crippen LogP contribution in [0.2, 0.25) is 5.02 Å². The van der Waals surface area contributed by atoms with E-state index in [4.69, 9.17) is 16.3 Å². The predicted molar refractivity (Wildman–Crippen MR) is 112 cm³/mol. The third kappa shape index (κ3) is 5.28. The maximum absolute atomic E-state index is 14.2. The first-order valence-corrected chi connectivity index (χ1v) is 11.3. The van der Waals surface area contributed by atoms with Crippen molar-refractivity contribution in [1.29, 1.82) is 0 Å². The Morgan fingerprint density at radius 2 is 1.87 bits per heavy atom. The van der Waals surface area contributed by atoms with Gasteiger partial charge in [0.05, 0.1) is 15.5 Å². The lowest BCUT2D eigenvalue weighted by molar-refractivity contribution is 0.0615. The molecule has 2 aromatic rings. The van der Waals surface area contributed by atoms with Crippen LogP contribution in [0.4, 0.5) is 4.39 Å². The number of carbonyl (C=O) groups excluding carboxylic acids is 1. The Labute approximate surface area is 180 Å². The van der Waals surface area contributed by atoms with E-state index in [-0.39, 0.29) is 10.5 Å². The molecule has 1 saturated heterocycles. The molecule has 7 nitrogen and oxygen atoms in total. The fraction of sp³-hybridized carbons (Fsp3) is 0.350. The summed E-state index contributed by atoms with van der Waals surface area (Å²) in [5, 5.41) is 0.553. The number of hydrogen-bond donors (Lipinski definition) is 1. The van der Waals surface area contributed by atoms with E-state index in [2.05, 4.69) is 9.62 Å². The summed E-state index contributed by atoms with van der Waals surface area (Å²) in [5.74, 6) is -0.641. The number of benzene rings is 2. The number of halogens is 2. The normalized spacial score (nSPS) is 15.2. The number of para-hydroxylation sites is 1. The summed E-state index contributed by atoms with van der Waals surface area (Å²) in [4.78, 5) is 16.3. The minimum Gasteiger partial charge on any atom is -0.491 e. The number of piperazine rings is 1. The molecule has 0 aromatic heterocycles. The Morgan fingerprint density at radius 3 is 2.53 bits per heavy atom. The molecule has 0 radical (unpaired) electrons. The molecule has 1 aliphatic rings. The zero-order valence-corrected chi connectivity index (χ0v) is 18.0. The quantitative estimate of drug-likeness (QED) is 0.692. The zero-order chi connectivity index (χ0) is 21.7. The summed E-state index contributed by atoms with van der Waals surface area (Å²) < 4.78 is 45.9. The van der Waals surface area contributed by atoms with Crippen LogP contribution in [0.5, 0.6) is 5.75 Å². The van der Waals surface area contributed by atoms with Gasteiger partial charge in [0.15, 0.2) is 0 Å². The SMILES string of the molecule is CNS(=O)(=O)c1ccc(F)c(C(=O)N2CCN(CCOc3ccccc3Cl)CC2)c1. The number of nitrogens with one attached hydrogen (secondary N) is 1. The van der Waals surface area contributed by atoms with Gasteiger partial charge in [-0.05, 0) is 37.4 Å². The van der Waals surface area contributed by atoms with Gasteiger partial charge in [-0.1, -0.05) is 23.7 Å². The number of ether oxygens (including phenoxy) is 1. The molecular weight excluding hydrogens is 433 g/mol. The van der Waals surface area contributed by atoms with Crippen LogP contribution in [-0.4, -0.2) is 70.5 Å². The minimum atomic E-state index is -3.77. The van der Waals surface area contributed by atoms with Gasteiger partial charge in [-0.15, -0.1) is 0 Å². The molecule has 0 unspecified atom stereocenters. The third-order valence-corrected chi connectivity index (χ3v) is 6.63. The Bertz CT molecular complexity index is 1010. The summed E-state index contributed by atoms with van der Waals surface area (Å²) in [7, 11) is -2.51. The van der Waals surface area contributed by atoms with Crippen LogP contribution < -0.4 is 9.46 Å². The van der Waals surface area contributed by atoms with Gasteiger partial charge in [0.1, 0.15) is 18.2 Å². The van der Waals surface area contributed by atoms with Crippen LogP contribution >= 0.6 is 11.6 Å². The maximum atomic E-state index is 14.2. The molecule has 1 amide bonds. The second kappa shape index (κ2) is 9.74. The van der Waals surface area contributed by atoms with Gasteiger partial charge in [-0.3, -0.25) is 9.69 Å². The number of sulfonamides is 1. The van der Waals surface area contributed by atoms with E-state index in [0.717, 1.165) is 18.2 Å². The van der Waals surface area contributed by atoms with Crippen molar-refractivity contribution in [2.24, 2.45) is 0 Å². The van der Waals surface area contributed by atoms with Gasteiger partial charge < -0.3 is 9.64 Å².